The van der Waals surface area contributed by atoms with Crippen molar-refractivity contribution in [1.29, 1.82) is 0 Å². The fourth-order valence-electron chi connectivity index (χ4n) is 3.96. The first-order valence-corrected chi connectivity index (χ1v) is 10.6. The van der Waals surface area contributed by atoms with E-state index in [0.717, 1.165) is 23.3 Å². The molecule has 1 fully saturated rings. The Hall–Kier alpha value is -2.15. The van der Waals surface area contributed by atoms with Crippen LogP contribution in [-0.4, -0.2) is 41.5 Å². The van der Waals surface area contributed by atoms with Crippen molar-refractivity contribution in [2.75, 3.05) is 24.6 Å². The summed E-state index contributed by atoms with van der Waals surface area (Å²) in [5.74, 6) is -0.503. The van der Waals surface area contributed by atoms with Gasteiger partial charge in [0.05, 0.1) is 11.3 Å². The number of likely N-dealkylation sites (tertiary alicyclic amines) is 1. The Morgan fingerprint density at radius 1 is 1.25 bits per heavy atom. The number of piperidine rings is 1. The van der Waals surface area contributed by atoms with Crippen LogP contribution in [0, 0.1) is 12.8 Å². The number of anilines is 1. The summed E-state index contributed by atoms with van der Waals surface area (Å²) in [6.45, 7) is 3.20. The van der Waals surface area contributed by atoms with E-state index < -0.39 is 0 Å². The van der Waals surface area contributed by atoms with Gasteiger partial charge in [0, 0.05) is 29.6 Å². The molecule has 1 unspecified atom stereocenters. The average molecular weight is 417 g/mol. The standard InChI is InChI=1S/C21H21ClN2O3S/c1-13-10-15(22)6-7-16(13)24-20(26)18(17-5-3-9-28-17)19(21(24)27)23-8-2-4-14(11-23)12-25/h3,5-7,9-10,14,25H,2,4,8,11-12H2,1H3. The van der Waals surface area contributed by atoms with Crippen LogP contribution in [0.15, 0.2) is 41.4 Å². The van der Waals surface area contributed by atoms with Crippen molar-refractivity contribution in [2.45, 2.75) is 19.8 Å². The molecule has 0 bridgehead atoms. The van der Waals surface area contributed by atoms with Crippen molar-refractivity contribution in [3.63, 3.8) is 0 Å². The summed E-state index contributed by atoms with van der Waals surface area (Å²) in [7, 11) is 0. The van der Waals surface area contributed by atoms with Crippen LogP contribution >= 0.6 is 22.9 Å². The molecule has 0 aliphatic carbocycles. The number of aliphatic hydroxyl groups is 1. The summed E-state index contributed by atoms with van der Waals surface area (Å²) in [6, 6.07) is 8.91. The van der Waals surface area contributed by atoms with E-state index in [2.05, 4.69) is 0 Å². The van der Waals surface area contributed by atoms with Crippen LogP contribution in [-0.2, 0) is 9.59 Å². The van der Waals surface area contributed by atoms with Gasteiger partial charge in [-0.2, -0.15) is 0 Å². The molecule has 2 aliphatic heterocycles. The lowest BCUT2D eigenvalue weighted by molar-refractivity contribution is -0.120. The number of hydrogen-bond donors (Lipinski definition) is 1. The van der Waals surface area contributed by atoms with Crippen molar-refractivity contribution in [3.05, 3.63) is 56.9 Å². The Labute approximate surface area is 172 Å². The summed E-state index contributed by atoms with van der Waals surface area (Å²) in [5, 5.41) is 12.1. The quantitative estimate of drug-likeness (QED) is 0.772. The van der Waals surface area contributed by atoms with Crippen LogP contribution < -0.4 is 4.90 Å². The Bertz CT molecular complexity index is 955. The molecule has 2 aliphatic rings. The van der Waals surface area contributed by atoms with E-state index in [-0.39, 0.29) is 24.3 Å². The minimum atomic E-state index is -0.308. The van der Waals surface area contributed by atoms with Gasteiger partial charge < -0.3 is 10.0 Å². The minimum Gasteiger partial charge on any atom is -0.396 e. The van der Waals surface area contributed by atoms with Gasteiger partial charge in [0.1, 0.15) is 5.70 Å². The number of aryl methyl sites for hydroxylation is 1. The second kappa shape index (κ2) is 7.70. The second-order valence-corrected chi connectivity index (χ2v) is 8.60. The number of benzene rings is 1. The van der Waals surface area contributed by atoms with Crippen molar-refractivity contribution >= 4 is 46.0 Å². The monoisotopic (exact) mass is 416 g/mol. The normalized spacial score (nSPS) is 20.5. The number of hydrogen-bond acceptors (Lipinski definition) is 5. The van der Waals surface area contributed by atoms with Gasteiger partial charge in [-0.15, -0.1) is 11.3 Å². The van der Waals surface area contributed by atoms with E-state index >= 15 is 0 Å². The molecule has 2 aromatic rings. The summed E-state index contributed by atoms with van der Waals surface area (Å²) in [6.07, 6.45) is 1.81. The lowest BCUT2D eigenvalue weighted by Gasteiger charge is -2.34. The van der Waals surface area contributed by atoms with Crippen LogP contribution in [0.2, 0.25) is 5.02 Å². The highest BCUT2D eigenvalue weighted by atomic mass is 35.5. The summed E-state index contributed by atoms with van der Waals surface area (Å²) >= 11 is 7.51. The topological polar surface area (TPSA) is 60.9 Å². The molecule has 28 heavy (non-hydrogen) atoms. The van der Waals surface area contributed by atoms with Gasteiger partial charge in [-0.1, -0.05) is 17.7 Å². The van der Waals surface area contributed by atoms with E-state index in [1.54, 1.807) is 18.2 Å². The summed E-state index contributed by atoms with van der Waals surface area (Å²) in [4.78, 5) is 30.9. The molecule has 1 atom stereocenters. The maximum atomic E-state index is 13.5. The number of aliphatic hydroxyl groups excluding tert-OH is 1. The summed E-state index contributed by atoms with van der Waals surface area (Å²) in [5.41, 5.74) is 2.22. The predicted molar refractivity (Wildman–Crippen MR) is 111 cm³/mol. The molecule has 1 aromatic carbocycles. The third kappa shape index (κ3) is 3.26. The van der Waals surface area contributed by atoms with Gasteiger partial charge in [0.25, 0.3) is 11.8 Å². The highest BCUT2D eigenvalue weighted by Gasteiger charge is 2.44. The number of rotatable bonds is 4. The van der Waals surface area contributed by atoms with E-state index in [0.29, 0.717) is 35.1 Å². The number of carbonyl (C=O) groups is 2. The molecular weight excluding hydrogens is 396 g/mol. The van der Waals surface area contributed by atoms with E-state index in [1.807, 2.05) is 29.3 Å². The Morgan fingerprint density at radius 2 is 2.07 bits per heavy atom. The highest BCUT2D eigenvalue weighted by molar-refractivity contribution is 7.11. The fraction of sp³-hybridized carbons (Fsp3) is 0.333. The van der Waals surface area contributed by atoms with Crippen molar-refractivity contribution in [1.82, 2.24) is 4.90 Å². The number of amides is 2. The van der Waals surface area contributed by atoms with Crippen LogP contribution in [0.3, 0.4) is 0 Å². The number of halogens is 1. The molecule has 146 valence electrons. The molecule has 0 spiro atoms. The first-order valence-electron chi connectivity index (χ1n) is 9.30. The molecular formula is C21H21ClN2O3S. The molecule has 1 saturated heterocycles. The van der Waals surface area contributed by atoms with E-state index in [4.69, 9.17) is 11.6 Å². The fourth-order valence-corrected chi connectivity index (χ4v) is 4.95. The lowest BCUT2D eigenvalue weighted by atomic mass is 9.98. The molecule has 5 nitrogen and oxygen atoms in total. The predicted octanol–water partition coefficient (Wildman–Crippen LogP) is 3.70. The van der Waals surface area contributed by atoms with Crippen LogP contribution in [0.5, 0.6) is 0 Å². The first-order chi connectivity index (χ1) is 13.5. The van der Waals surface area contributed by atoms with Crippen LogP contribution in [0.25, 0.3) is 5.57 Å². The maximum Gasteiger partial charge on any atom is 0.282 e. The molecule has 0 saturated carbocycles. The Morgan fingerprint density at radius 3 is 2.75 bits per heavy atom. The number of thiophene rings is 1. The third-order valence-electron chi connectivity index (χ3n) is 5.32. The van der Waals surface area contributed by atoms with Crippen molar-refractivity contribution in [3.8, 4) is 0 Å². The number of imide groups is 1. The highest BCUT2D eigenvalue weighted by Crippen LogP contribution is 2.39. The largest absolute Gasteiger partial charge is 0.396 e. The number of carbonyl (C=O) groups excluding carboxylic acids is 2. The van der Waals surface area contributed by atoms with E-state index in [1.165, 1.54) is 16.2 Å². The van der Waals surface area contributed by atoms with Crippen LogP contribution in [0.4, 0.5) is 5.69 Å². The van der Waals surface area contributed by atoms with E-state index in [9.17, 15) is 14.7 Å². The summed E-state index contributed by atoms with van der Waals surface area (Å²) < 4.78 is 0. The maximum absolute atomic E-state index is 13.5. The van der Waals surface area contributed by atoms with Gasteiger partial charge >= 0.3 is 0 Å². The molecule has 1 N–H and O–H groups in total. The third-order valence-corrected chi connectivity index (χ3v) is 6.44. The molecule has 7 heteroatoms. The average Bonchev–Trinajstić information content (AvgIpc) is 3.29. The lowest BCUT2D eigenvalue weighted by Crippen LogP contribution is -2.40. The van der Waals surface area contributed by atoms with Gasteiger partial charge in [-0.3, -0.25) is 9.59 Å². The zero-order valence-electron chi connectivity index (χ0n) is 15.5. The Kier molecular flexibility index (Phi) is 5.27. The smallest absolute Gasteiger partial charge is 0.282 e. The molecule has 1 aromatic heterocycles. The van der Waals surface area contributed by atoms with Crippen LogP contribution in [0.1, 0.15) is 23.3 Å². The molecule has 2 amide bonds. The zero-order chi connectivity index (χ0) is 19.8. The van der Waals surface area contributed by atoms with Crippen molar-refractivity contribution < 1.29 is 14.7 Å². The van der Waals surface area contributed by atoms with Gasteiger partial charge in [-0.25, -0.2) is 4.90 Å². The van der Waals surface area contributed by atoms with Gasteiger partial charge in [0.2, 0.25) is 0 Å². The zero-order valence-corrected chi connectivity index (χ0v) is 17.1. The SMILES string of the molecule is Cc1cc(Cl)ccc1N1C(=O)C(c2cccs2)=C(N2CCCC(CO)C2)C1=O. The van der Waals surface area contributed by atoms with Gasteiger partial charge in [0.15, 0.2) is 0 Å². The molecule has 4 rings (SSSR count). The minimum absolute atomic E-state index is 0.0836. The van der Waals surface area contributed by atoms with Crippen molar-refractivity contribution in [2.24, 2.45) is 5.92 Å². The number of nitrogens with zero attached hydrogens (tertiary/aromatic N) is 2. The second-order valence-electron chi connectivity index (χ2n) is 7.21. The molecule has 3 heterocycles. The first kappa shape index (κ1) is 19.2. The molecule has 0 radical (unpaired) electrons. The Balaban J connectivity index is 1.80. The van der Waals surface area contributed by atoms with Gasteiger partial charge in [-0.05, 0) is 60.9 Å².